The molecule has 0 spiro atoms. The van der Waals surface area contributed by atoms with Crippen molar-refractivity contribution in [3.63, 3.8) is 0 Å². The Hall–Kier alpha value is 0.1000. The van der Waals surface area contributed by atoms with Gasteiger partial charge in [0.1, 0.15) is 5.78 Å². The summed E-state index contributed by atoms with van der Waals surface area (Å²) in [5.74, 6) is 0.124. The molecule has 0 aromatic rings. The second-order valence-corrected chi connectivity index (χ2v) is 9.12. The molecule has 0 heterocycles. The average Bonchev–Trinajstić information content (AvgIpc) is 1.97. The van der Waals surface area contributed by atoms with Crippen molar-refractivity contribution in [2.45, 2.75) is 44.2 Å². The van der Waals surface area contributed by atoms with Crippen LogP contribution >= 0.6 is 15.9 Å². The number of sulfone groups is 1. The van der Waals surface area contributed by atoms with E-state index in [9.17, 15) is 13.2 Å². The summed E-state index contributed by atoms with van der Waals surface area (Å²) in [6.07, 6.45) is 1.57. The maximum Gasteiger partial charge on any atom is 0.151 e. The lowest BCUT2D eigenvalue weighted by Gasteiger charge is -2.47. The van der Waals surface area contributed by atoms with Crippen molar-refractivity contribution in [2.75, 3.05) is 6.26 Å². The van der Waals surface area contributed by atoms with Gasteiger partial charge in [-0.3, -0.25) is 4.79 Å². The minimum atomic E-state index is -3.18. The van der Waals surface area contributed by atoms with Gasteiger partial charge >= 0.3 is 0 Å². The number of hydrogen-bond acceptors (Lipinski definition) is 3. The Morgan fingerprint density at radius 1 is 1.25 bits per heavy atom. The van der Waals surface area contributed by atoms with E-state index in [1.54, 1.807) is 0 Å². The molecule has 0 N–H and O–H groups in total. The summed E-state index contributed by atoms with van der Waals surface area (Å²) in [6.45, 7) is 7.31. The van der Waals surface area contributed by atoms with E-state index < -0.39 is 25.9 Å². The van der Waals surface area contributed by atoms with Crippen molar-refractivity contribution in [1.82, 2.24) is 0 Å². The van der Waals surface area contributed by atoms with Gasteiger partial charge in [-0.25, -0.2) is 8.42 Å². The highest BCUT2D eigenvalue weighted by Crippen LogP contribution is 2.48. The average molecular weight is 311 g/mol. The summed E-state index contributed by atoms with van der Waals surface area (Å²) in [6, 6.07) is 0. The molecule has 0 radical (unpaired) electrons. The lowest BCUT2D eigenvalue weighted by atomic mass is 9.65. The third-order valence-corrected chi connectivity index (χ3v) is 7.38. The SMILES string of the molecule is CC1(C)CC(=O)C(C)(C)[C@@H](Br)[C@@H]1S(C)(=O)=O. The van der Waals surface area contributed by atoms with Gasteiger partial charge in [0.15, 0.2) is 9.84 Å². The molecule has 0 aromatic carbocycles. The Morgan fingerprint density at radius 3 is 2.06 bits per heavy atom. The Labute approximate surface area is 106 Å². The zero-order valence-electron chi connectivity index (χ0n) is 10.4. The van der Waals surface area contributed by atoms with Gasteiger partial charge in [0, 0.05) is 22.9 Å². The number of hydrogen-bond donors (Lipinski definition) is 0. The quantitative estimate of drug-likeness (QED) is 0.698. The van der Waals surface area contributed by atoms with Crippen LogP contribution in [0.3, 0.4) is 0 Å². The smallest absolute Gasteiger partial charge is 0.151 e. The molecule has 2 atom stereocenters. The van der Waals surface area contributed by atoms with Crippen LogP contribution in [0.1, 0.15) is 34.1 Å². The van der Waals surface area contributed by atoms with Crippen LogP contribution in [0.5, 0.6) is 0 Å². The molecule has 0 unspecified atom stereocenters. The van der Waals surface area contributed by atoms with E-state index in [4.69, 9.17) is 0 Å². The van der Waals surface area contributed by atoms with Gasteiger partial charge < -0.3 is 0 Å². The molecule has 16 heavy (non-hydrogen) atoms. The highest BCUT2D eigenvalue weighted by Gasteiger charge is 2.55. The van der Waals surface area contributed by atoms with E-state index in [-0.39, 0.29) is 10.6 Å². The number of rotatable bonds is 1. The molecule has 1 rings (SSSR count). The highest BCUT2D eigenvalue weighted by molar-refractivity contribution is 9.09. The number of halogens is 1. The second kappa shape index (κ2) is 3.80. The molecule has 1 fully saturated rings. The minimum absolute atomic E-state index is 0.124. The van der Waals surface area contributed by atoms with Gasteiger partial charge in [-0.1, -0.05) is 43.6 Å². The highest BCUT2D eigenvalue weighted by atomic mass is 79.9. The molecular formula is C11H19BrO3S. The second-order valence-electron chi connectivity index (χ2n) is 5.96. The third kappa shape index (κ3) is 2.21. The van der Waals surface area contributed by atoms with Crippen molar-refractivity contribution >= 4 is 31.6 Å². The predicted molar refractivity (Wildman–Crippen MR) is 68.5 cm³/mol. The van der Waals surface area contributed by atoms with Crippen molar-refractivity contribution in [3.05, 3.63) is 0 Å². The lowest BCUT2D eigenvalue weighted by molar-refractivity contribution is -0.132. The fourth-order valence-corrected chi connectivity index (χ4v) is 6.63. The number of Topliss-reactive ketones (excluding diaryl/α,β-unsaturated/α-hetero) is 1. The first-order valence-corrected chi connectivity index (χ1v) is 8.14. The van der Waals surface area contributed by atoms with Gasteiger partial charge in [-0.2, -0.15) is 0 Å². The van der Waals surface area contributed by atoms with E-state index >= 15 is 0 Å². The number of carbonyl (C=O) groups excluding carboxylic acids is 1. The van der Waals surface area contributed by atoms with Crippen LogP contribution in [0.15, 0.2) is 0 Å². The molecule has 94 valence electrons. The third-order valence-electron chi connectivity index (χ3n) is 3.52. The first-order chi connectivity index (χ1) is 6.90. The van der Waals surface area contributed by atoms with E-state index in [0.29, 0.717) is 6.42 Å². The molecule has 3 nitrogen and oxygen atoms in total. The summed E-state index contributed by atoms with van der Waals surface area (Å²) in [5, 5.41) is -0.521. The Bertz CT molecular complexity index is 409. The molecular weight excluding hydrogens is 292 g/mol. The lowest BCUT2D eigenvalue weighted by Crippen LogP contribution is -2.56. The molecule has 0 bridgehead atoms. The van der Waals surface area contributed by atoms with Gasteiger partial charge in [0.25, 0.3) is 0 Å². The van der Waals surface area contributed by atoms with Crippen LogP contribution in [0.4, 0.5) is 0 Å². The topological polar surface area (TPSA) is 51.2 Å². The zero-order valence-corrected chi connectivity index (χ0v) is 12.8. The summed E-state index contributed by atoms with van der Waals surface area (Å²) < 4.78 is 23.7. The molecule has 1 aliphatic rings. The Balaban J connectivity index is 3.31. The molecule has 0 amide bonds. The largest absolute Gasteiger partial charge is 0.299 e. The number of carbonyl (C=O) groups is 1. The van der Waals surface area contributed by atoms with Crippen LogP contribution in [-0.2, 0) is 14.6 Å². The van der Waals surface area contributed by atoms with Crippen LogP contribution in [0.25, 0.3) is 0 Å². The molecule has 0 aromatic heterocycles. The summed E-state index contributed by atoms with van der Waals surface area (Å²) in [7, 11) is -3.18. The van der Waals surface area contributed by atoms with Crippen molar-refractivity contribution in [3.8, 4) is 0 Å². The summed E-state index contributed by atoms with van der Waals surface area (Å²) >= 11 is 3.43. The number of ketones is 1. The maximum absolute atomic E-state index is 12.0. The maximum atomic E-state index is 12.0. The first-order valence-electron chi connectivity index (χ1n) is 5.27. The Morgan fingerprint density at radius 2 is 1.69 bits per heavy atom. The number of alkyl halides is 1. The standard InChI is InChI=1S/C11H19BrO3S/c1-10(2)6-7(13)11(3,4)8(12)9(10)16(5,14)15/h8-9H,6H2,1-5H3/t8-,9-/m0/s1. The monoisotopic (exact) mass is 310 g/mol. The van der Waals surface area contributed by atoms with E-state index in [1.165, 1.54) is 6.26 Å². The summed E-state index contributed by atoms with van der Waals surface area (Å²) in [4.78, 5) is 11.7. The van der Waals surface area contributed by atoms with Gasteiger partial charge in [0.2, 0.25) is 0 Å². The predicted octanol–water partition coefficient (Wildman–Crippen LogP) is 2.19. The van der Waals surface area contributed by atoms with Crippen LogP contribution in [-0.4, -0.2) is 30.5 Å². The van der Waals surface area contributed by atoms with E-state index in [1.807, 2.05) is 27.7 Å². The van der Waals surface area contributed by atoms with Crippen molar-refractivity contribution < 1.29 is 13.2 Å². The molecule has 1 aliphatic carbocycles. The van der Waals surface area contributed by atoms with Gasteiger partial charge in [0.05, 0.1) is 5.25 Å². The summed E-state index contributed by atoms with van der Waals surface area (Å²) in [5.41, 5.74) is -1.13. The van der Waals surface area contributed by atoms with Crippen molar-refractivity contribution in [1.29, 1.82) is 0 Å². The fourth-order valence-electron chi connectivity index (χ4n) is 2.47. The first kappa shape index (κ1) is 14.2. The molecule has 0 aliphatic heterocycles. The minimum Gasteiger partial charge on any atom is -0.299 e. The van der Waals surface area contributed by atoms with Crippen LogP contribution in [0.2, 0.25) is 0 Å². The molecule has 5 heteroatoms. The zero-order chi connectivity index (χ0) is 12.9. The van der Waals surface area contributed by atoms with E-state index in [0.717, 1.165) is 0 Å². The Kier molecular flexibility index (Phi) is 3.37. The molecule has 1 saturated carbocycles. The molecule has 0 saturated heterocycles. The van der Waals surface area contributed by atoms with E-state index in [2.05, 4.69) is 15.9 Å². The normalized spacial score (nSPS) is 33.8. The fraction of sp³-hybridized carbons (Fsp3) is 0.909. The van der Waals surface area contributed by atoms with Crippen molar-refractivity contribution in [2.24, 2.45) is 10.8 Å². The van der Waals surface area contributed by atoms with Crippen LogP contribution < -0.4 is 0 Å². The van der Waals surface area contributed by atoms with Gasteiger partial charge in [-0.05, 0) is 5.41 Å². The van der Waals surface area contributed by atoms with Gasteiger partial charge in [-0.15, -0.1) is 0 Å². The van der Waals surface area contributed by atoms with Crippen LogP contribution in [0, 0.1) is 10.8 Å².